The Morgan fingerprint density at radius 3 is 2.32 bits per heavy atom. The molecule has 160 valence electrons. The van der Waals surface area contributed by atoms with Crippen molar-refractivity contribution < 1.29 is 14.3 Å². The summed E-state index contributed by atoms with van der Waals surface area (Å²) in [6.45, 7) is 0.790. The van der Waals surface area contributed by atoms with Crippen molar-refractivity contribution in [3.8, 4) is 0 Å². The second-order valence-electron chi connectivity index (χ2n) is 6.34. The number of rotatable bonds is 10. The highest BCUT2D eigenvalue weighted by molar-refractivity contribution is 5.82. The summed E-state index contributed by atoms with van der Waals surface area (Å²) in [5, 5.41) is 19.3. The number of anilines is 3. The van der Waals surface area contributed by atoms with Crippen LogP contribution in [0.15, 0.2) is 66.9 Å². The van der Waals surface area contributed by atoms with Gasteiger partial charge in [-0.05, 0) is 29.8 Å². The zero-order valence-electron chi connectivity index (χ0n) is 16.7. The average molecular weight is 421 g/mol. The molecule has 0 saturated heterocycles. The minimum Gasteiger partial charge on any atom is -0.445 e. The Kier molecular flexibility index (Phi) is 8.12. The Hall–Kier alpha value is -4.21. The maximum Gasteiger partial charge on any atom is 0.407 e. The van der Waals surface area contributed by atoms with Gasteiger partial charge in [-0.3, -0.25) is 4.79 Å². The highest BCUT2D eigenvalue weighted by atomic mass is 16.5. The van der Waals surface area contributed by atoms with Gasteiger partial charge >= 0.3 is 6.09 Å². The van der Waals surface area contributed by atoms with Gasteiger partial charge < -0.3 is 26.0 Å². The largest absolute Gasteiger partial charge is 0.445 e. The Morgan fingerprint density at radius 2 is 1.58 bits per heavy atom. The molecule has 0 spiro atoms. The van der Waals surface area contributed by atoms with Gasteiger partial charge in [-0.2, -0.15) is 0 Å². The van der Waals surface area contributed by atoms with Gasteiger partial charge in [-0.1, -0.05) is 36.4 Å². The summed E-state index contributed by atoms with van der Waals surface area (Å²) < 4.78 is 5.04. The molecule has 0 aliphatic carbocycles. The van der Waals surface area contributed by atoms with Crippen LogP contribution in [0.25, 0.3) is 0 Å². The molecule has 3 rings (SSSR count). The molecule has 2 heterocycles. The van der Waals surface area contributed by atoms with Gasteiger partial charge in [-0.15, -0.1) is 10.2 Å². The van der Waals surface area contributed by atoms with E-state index in [1.807, 2.05) is 48.5 Å². The second-order valence-corrected chi connectivity index (χ2v) is 6.34. The summed E-state index contributed by atoms with van der Waals surface area (Å²) >= 11 is 0. The number of nitrogens with zero attached hydrogens (tertiary/aromatic N) is 3. The average Bonchev–Trinajstić information content (AvgIpc) is 2.81. The van der Waals surface area contributed by atoms with Crippen molar-refractivity contribution in [3.63, 3.8) is 0 Å². The first kappa shape index (κ1) is 21.5. The molecule has 2 aromatic heterocycles. The van der Waals surface area contributed by atoms with Gasteiger partial charge in [0.05, 0.1) is 6.54 Å². The predicted octanol–water partition coefficient (Wildman–Crippen LogP) is 2.07. The number of alkyl carbamates (subject to hydrolysis) is 1. The molecular weight excluding hydrogens is 398 g/mol. The summed E-state index contributed by atoms with van der Waals surface area (Å²) in [6.07, 6.45) is 1.04. The van der Waals surface area contributed by atoms with Crippen molar-refractivity contribution in [3.05, 3.63) is 72.4 Å². The van der Waals surface area contributed by atoms with E-state index in [4.69, 9.17) is 4.74 Å². The molecule has 0 bridgehead atoms. The fourth-order valence-electron chi connectivity index (χ4n) is 2.44. The zero-order valence-corrected chi connectivity index (χ0v) is 16.7. The Bertz CT molecular complexity index is 954. The maximum absolute atomic E-state index is 11.8. The summed E-state index contributed by atoms with van der Waals surface area (Å²) in [7, 11) is 0. The van der Waals surface area contributed by atoms with Crippen LogP contribution in [0.1, 0.15) is 5.56 Å². The van der Waals surface area contributed by atoms with E-state index in [1.54, 1.807) is 18.3 Å². The van der Waals surface area contributed by atoms with Gasteiger partial charge in [0.1, 0.15) is 18.2 Å². The number of amides is 2. The van der Waals surface area contributed by atoms with Crippen molar-refractivity contribution in [2.75, 3.05) is 30.3 Å². The first-order valence-corrected chi connectivity index (χ1v) is 9.66. The van der Waals surface area contributed by atoms with E-state index < -0.39 is 6.09 Å². The van der Waals surface area contributed by atoms with Crippen molar-refractivity contribution in [2.45, 2.75) is 6.61 Å². The zero-order chi connectivity index (χ0) is 21.7. The number of nitrogens with one attached hydrogen (secondary N) is 4. The predicted molar refractivity (Wildman–Crippen MR) is 116 cm³/mol. The van der Waals surface area contributed by atoms with Crippen LogP contribution in [0.2, 0.25) is 0 Å². The second kappa shape index (κ2) is 11.7. The van der Waals surface area contributed by atoms with Gasteiger partial charge in [0.2, 0.25) is 5.91 Å². The number of ether oxygens (including phenoxy) is 1. The Morgan fingerprint density at radius 1 is 0.806 bits per heavy atom. The van der Waals surface area contributed by atoms with E-state index in [0.717, 1.165) is 5.56 Å². The minimum absolute atomic E-state index is 0.148. The van der Waals surface area contributed by atoms with E-state index in [2.05, 4.69) is 36.4 Å². The first-order valence-electron chi connectivity index (χ1n) is 9.66. The fraction of sp³-hybridized carbons (Fsp3) is 0.190. The lowest BCUT2D eigenvalue weighted by Gasteiger charge is -2.09. The molecule has 3 aromatic rings. The summed E-state index contributed by atoms with van der Waals surface area (Å²) in [4.78, 5) is 27.6. The summed E-state index contributed by atoms with van der Waals surface area (Å²) in [5.74, 6) is 1.50. The fourth-order valence-corrected chi connectivity index (χ4v) is 2.44. The van der Waals surface area contributed by atoms with E-state index in [9.17, 15) is 9.59 Å². The lowest BCUT2D eigenvalue weighted by Crippen LogP contribution is -2.38. The number of hydrogen-bond donors (Lipinski definition) is 4. The molecule has 0 atom stereocenters. The van der Waals surface area contributed by atoms with E-state index in [0.29, 0.717) is 30.5 Å². The SMILES string of the molecule is O=C(CNC(=O)OCc1ccccc1)NCCNc1ccc(Nc2ccccn2)nn1. The molecule has 0 aliphatic heterocycles. The molecule has 31 heavy (non-hydrogen) atoms. The van der Waals surface area contributed by atoms with Crippen LogP contribution in [-0.2, 0) is 16.1 Å². The normalized spacial score (nSPS) is 10.1. The molecule has 1 aromatic carbocycles. The maximum atomic E-state index is 11.8. The Labute approximate surface area is 179 Å². The van der Waals surface area contributed by atoms with Crippen LogP contribution < -0.4 is 21.3 Å². The van der Waals surface area contributed by atoms with Gasteiger partial charge in [-0.25, -0.2) is 9.78 Å². The number of aromatic nitrogens is 3. The highest BCUT2D eigenvalue weighted by Gasteiger charge is 2.06. The molecule has 4 N–H and O–H groups in total. The first-order chi connectivity index (χ1) is 15.2. The van der Waals surface area contributed by atoms with Crippen LogP contribution in [0.4, 0.5) is 22.2 Å². The van der Waals surface area contributed by atoms with Gasteiger partial charge in [0.15, 0.2) is 5.82 Å². The number of benzene rings is 1. The number of carbonyl (C=O) groups is 2. The van der Waals surface area contributed by atoms with Crippen LogP contribution in [0, 0.1) is 0 Å². The third kappa shape index (κ3) is 7.97. The van der Waals surface area contributed by atoms with Crippen LogP contribution in [0.5, 0.6) is 0 Å². The van der Waals surface area contributed by atoms with Gasteiger partial charge in [0.25, 0.3) is 0 Å². The van der Waals surface area contributed by atoms with E-state index >= 15 is 0 Å². The van der Waals surface area contributed by atoms with Gasteiger partial charge in [0, 0.05) is 19.3 Å². The standard InChI is InChI=1S/C21H23N7O3/c29-20(14-25-21(30)31-15-16-6-2-1-3-7-16)24-13-12-23-18-9-10-19(28-27-18)26-17-8-4-5-11-22-17/h1-11H,12-15H2,(H,23,27)(H,24,29)(H,25,30)(H,22,26,28). The lowest BCUT2D eigenvalue weighted by molar-refractivity contribution is -0.120. The summed E-state index contributed by atoms with van der Waals surface area (Å²) in [6, 6.07) is 18.4. The molecular formula is C21H23N7O3. The third-order valence-corrected chi connectivity index (χ3v) is 3.94. The number of hydrogen-bond acceptors (Lipinski definition) is 8. The molecule has 0 unspecified atom stereocenters. The smallest absolute Gasteiger partial charge is 0.407 e. The van der Waals surface area contributed by atoms with Crippen LogP contribution in [0.3, 0.4) is 0 Å². The molecule has 0 radical (unpaired) electrons. The van der Waals surface area contributed by atoms with Crippen molar-refractivity contribution in [2.24, 2.45) is 0 Å². The highest BCUT2D eigenvalue weighted by Crippen LogP contribution is 2.11. The van der Waals surface area contributed by atoms with Crippen molar-refractivity contribution >= 4 is 29.5 Å². The number of pyridine rings is 1. The molecule has 2 amide bonds. The summed E-state index contributed by atoms with van der Waals surface area (Å²) in [5.41, 5.74) is 0.872. The quantitative estimate of drug-likeness (QED) is 0.366. The van der Waals surface area contributed by atoms with Crippen molar-refractivity contribution in [1.29, 1.82) is 0 Å². The molecule has 0 aliphatic rings. The van der Waals surface area contributed by atoms with E-state index in [-0.39, 0.29) is 19.1 Å². The molecule has 0 saturated carbocycles. The molecule has 10 heteroatoms. The third-order valence-electron chi connectivity index (χ3n) is 3.94. The van der Waals surface area contributed by atoms with Crippen LogP contribution in [-0.4, -0.2) is 46.8 Å². The minimum atomic E-state index is -0.646. The van der Waals surface area contributed by atoms with Crippen LogP contribution >= 0.6 is 0 Å². The molecule has 0 fully saturated rings. The lowest BCUT2D eigenvalue weighted by atomic mass is 10.2. The topological polar surface area (TPSA) is 130 Å². The Balaban J connectivity index is 1.27. The monoisotopic (exact) mass is 421 g/mol. The van der Waals surface area contributed by atoms with Crippen molar-refractivity contribution in [1.82, 2.24) is 25.8 Å². The number of carbonyl (C=O) groups excluding carboxylic acids is 2. The molecule has 10 nitrogen and oxygen atoms in total. The van der Waals surface area contributed by atoms with E-state index in [1.165, 1.54) is 0 Å².